The Kier molecular flexibility index (Phi) is 30.2. The van der Waals surface area contributed by atoms with E-state index in [0.717, 1.165) is 73.9 Å². The Balaban J connectivity index is 0.00000104. The molecule has 1 aliphatic heterocycles. The second kappa shape index (κ2) is 32.1. The van der Waals surface area contributed by atoms with E-state index in [9.17, 15) is 5.53 Å². The van der Waals surface area contributed by atoms with Gasteiger partial charge < -0.3 is 30.2 Å². The SMILES string of the molecule is CCCCCC1=C(c2ccc(CCCC)cc2)[N+](=[N-])C(c2ccc(CCCC)cc2)=C1.[C-]#CCCCCCCC.[C-]#CCCCCCCC.[Ni+2]. The normalized spacial score (nSPS) is 11.7. The molecule has 0 N–H and O–H groups in total. The van der Waals surface area contributed by atoms with Crippen LogP contribution >= 0.6 is 0 Å². The first-order valence-corrected chi connectivity index (χ1v) is 19.9. The van der Waals surface area contributed by atoms with Gasteiger partial charge in [0.1, 0.15) is 0 Å². The largest absolute Gasteiger partial charge is 2.00 e. The summed E-state index contributed by atoms with van der Waals surface area (Å²) in [7, 11) is 0. The topological polar surface area (TPSA) is 25.3 Å². The molecule has 50 heavy (non-hydrogen) atoms. The molecule has 0 spiro atoms. The van der Waals surface area contributed by atoms with Gasteiger partial charge in [0.2, 0.25) is 11.4 Å². The van der Waals surface area contributed by atoms with Gasteiger partial charge in [0.25, 0.3) is 0 Å². The number of allylic oxidation sites excluding steroid dienone is 2. The Bertz CT molecular complexity index is 1260. The first kappa shape index (κ1) is 47.1. The van der Waals surface area contributed by atoms with Crippen molar-refractivity contribution >= 4 is 11.4 Å². The van der Waals surface area contributed by atoms with Gasteiger partial charge in [-0.05, 0) is 99.6 Å². The number of benzene rings is 2. The van der Waals surface area contributed by atoms with Crippen molar-refractivity contribution in [3.05, 3.63) is 101 Å². The first-order chi connectivity index (χ1) is 24.0. The van der Waals surface area contributed by atoms with Gasteiger partial charge in [0.15, 0.2) is 0 Å². The molecule has 3 heteroatoms. The Morgan fingerprint density at radius 3 is 1.32 bits per heavy atom. The molecule has 1 aliphatic rings. The number of hydrogen-bond donors (Lipinski definition) is 0. The van der Waals surface area contributed by atoms with E-state index in [4.69, 9.17) is 12.8 Å². The van der Waals surface area contributed by atoms with Crippen LogP contribution in [-0.2, 0) is 29.3 Å². The van der Waals surface area contributed by atoms with Crippen molar-refractivity contribution in [2.45, 2.75) is 176 Å². The van der Waals surface area contributed by atoms with E-state index in [-0.39, 0.29) is 16.5 Å². The zero-order valence-electron chi connectivity index (χ0n) is 32.5. The second-order valence-corrected chi connectivity index (χ2v) is 13.5. The van der Waals surface area contributed by atoms with E-state index in [1.54, 1.807) is 0 Å². The summed E-state index contributed by atoms with van der Waals surface area (Å²) in [6.45, 7) is 11.1. The molecule has 0 saturated heterocycles. The Hall–Kier alpha value is -2.87. The fraction of sp³-hybridized carbons (Fsp3) is 0.574. The minimum absolute atomic E-state index is 0. The van der Waals surface area contributed by atoms with Crippen molar-refractivity contribution in [1.29, 1.82) is 0 Å². The van der Waals surface area contributed by atoms with E-state index >= 15 is 0 Å². The summed E-state index contributed by atoms with van der Waals surface area (Å²) in [6.07, 6.45) is 41.6. The molecule has 0 fully saturated rings. The van der Waals surface area contributed by atoms with Crippen LogP contribution in [0.3, 0.4) is 0 Å². The fourth-order valence-corrected chi connectivity index (χ4v) is 5.89. The third kappa shape index (κ3) is 20.1. The van der Waals surface area contributed by atoms with Crippen LogP contribution in [0.25, 0.3) is 16.9 Å². The number of rotatable bonds is 22. The monoisotopic (exact) mass is 718 g/mol. The Morgan fingerprint density at radius 2 is 0.900 bits per heavy atom. The molecule has 2 aromatic rings. The minimum atomic E-state index is 0. The number of nitrogens with zero attached hydrogens (tertiary/aromatic N) is 2. The van der Waals surface area contributed by atoms with Crippen LogP contribution in [0.5, 0.6) is 0 Å². The van der Waals surface area contributed by atoms with Gasteiger partial charge in [-0.15, -0.1) is 0 Å². The van der Waals surface area contributed by atoms with Crippen LogP contribution in [0.2, 0.25) is 0 Å². The van der Waals surface area contributed by atoms with Crippen molar-refractivity contribution in [3.63, 3.8) is 0 Å². The third-order valence-corrected chi connectivity index (χ3v) is 9.03. The van der Waals surface area contributed by atoms with Crippen LogP contribution in [0.4, 0.5) is 0 Å². The summed E-state index contributed by atoms with van der Waals surface area (Å²) >= 11 is 0. The van der Waals surface area contributed by atoms with Crippen LogP contribution in [-0.4, -0.2) is 4.70 Å². The number of aryl methyl sites for hydroxylation is 2. The summed E-state index contributed by atoms with van der Waals surface area (Å²) in [5.41, 5.74) is 19.2. The van der Waals surface area contributed by atoms with Crippen LogP contribution in [0, 0.1) is 24.7 Å². The molecule has 1 heterocycles. The van der Waals surface area contributed by atoms with Gasteiger partial charge in [-0.2, -0.15) is 0 Å². The van der Waals surface area contributed by atoms with Crippen LogP contribution in [0.1, 0.15) is 185 Å². The van der Waals surface area contributed by atoms with Gasteiger partial charge in [-0.25, -0.2) is 4.70 Å². The van der Waals surface area contributed by atoms with Crippen molar-refractivity contribution in [2.75, 3.05) is 0 Å². The molecule has 0 aromatic heterocycles. The standard InChI is InChI=1S/C29H38N2.2C9H15.Ni/c1-4-7-10-13-27-22-28(25-18-14-23(15-19-25)11-8-5-2)31(30)29(27)26-20-16-24(17-21-26)12-9-6-3;2*1-3-5-7-9-8-6-4-2;/h14-22H,4-13H2,1-3H3;2*3,5-9H2,1H3;/q;2*-1;+2. The summed E-state index contributed by atoms with van der Waals surface area (Å²) in [5.74, 6) is 4.79. The number of hydrogen-bond acceptors (Lipinski definition) is 0. The smallest absolute Gasteiger partial charge is 0.694 e. The van der Waals surface area contributed by atoms with Crippen molar-refractivity contribution in [2.24, 2.45) is 0 Å². The van der Waals surface area contributed by atoms with E-state index in [1.165, 1.54) is 111 Å². The molecule has 0 radical (unpaired) electrons. The first-order valence-electron chi connectivity index (χ1n) is 19.9. The summed E-state index contributed by atoms with van der Waals surface area (Å²) in [5, 5.41) is 0. The summed E-state index contributed by atoms with van der Waals surface area (Å²) in [4.78, 5) is 0. The third-order valence-electron chi connectivity index (χ3n) is 9.03. The molecule has 0 amide bonds. The minimum Gasteiger partial charge on any atom is -0.694 e. The summed E-state index contributed by atoms with van der Waals surface area (Å²) in [6, 6.07) is 17.5. The average Bonchev–Trinajstić information content (AvgIpc) is 3.46. The second-order valence-electron chi connectivity index (χ2n) is 13.5. The quantitative estimate of drug-likeness (QED) is 0.0381. The maximum Gasteiger partial charge on any atom is 2.00 e. The summed E-state index contributed by atoms with van der Waals surface area (Å²) < 4.78 is 1.42. The van der Waals surface area contributed by atoms with Crippen molar-refractivity contribution in [3.8, 4) is 11.8 Å². The Labute approximate surface area is 319 Å². The molecule has 2 nitrogen and oxygen atoms in total. The van der Waals surface area contributed by atoms with E-state index in [0.29, 0.717) is 0 Å². The predicted octanol–water partition coefficient (Wildman–Crippen LogP) is 14.6. The van der Waals surface area contributed by atoms with E-state index < -0.39 is 0 Å². The maximum absolute atomic E-state index is 11.2. The maximum atomic E-state index is 11.2. The van der Waals surface area contributed by atoms with Gasteiger partial charge in [-0.3, -0.25) is 0 Å². The molecule has 0 saturated carbocycles. The predicted molar refractivity (Wildman–Crippen MR) is 214 cm³/mol. The molecule has 3 rings (SSSR count). The van der Waals surface area contributed by atoms with Crippen LogP contribution < -0.4 is 0 Å². The molecule has 0 atom stereocenters. The van der Waals surface area contributed by atoms with Gasteiger partial charge in [0, 0.05) is 22.8 Å². The van der Waals surface area contributed by atoms with Gasteiger partial charge >= 0.3 is 16.5 Å². The average molecular weight is 720 g/mol. The number of unbranched alkanes of at least 4 members (excludes halogenated alkanes) is 14. The molecule has 2 aromatic carbocycles. The fourth-order valence-electron chi connectivity index (χ4n) is 5.89. The van der Waals surface area contributed by atoms with Crippen molar-refractivity contribution < 1.29 is 21.2 Å². The van der Waals surface area contributed by atoms with Gasteiger partial charge in [0.05, 0.1) is 0 Å². The molecular formula is C47H68N2Ni. The zero-order valence-corrected chi connectivity index (χ0v) is 33.5. The van der Waals surface area contributed by atoms with Crippen molar-refractivity contribution in [1.82, 2.24) is 0 Å². The van der Waals surface area contributed by atoms with Crippen LogP contribution in [0.15, 0.2) is 60.2 Å². The molecule has 0 aliphatic carbocycles. The molecule has 0 bridgehead atoms. The Morgan fingerprint density at radius 1 is 0.500 bits per heavy atom. The zero-order chi connectivity index (χ0) is 36.0. The molecule has 276 valence electrons. The van der Waals surface area contributed by atoms with Gasteiger partial charge in [-0.1, -0.05) is 136 Å². The van der Waals surface area contributed by atoms with E-state index in [1.807, 2.05) is 0 Å². The van der Waals surface area contributed by atoms with E-state index in [2.05, 4.69) is 101 Å². The molecule has 0 unspecified atom stereocenters. The molecular weight excluding hydrogens is 651 g/mol.